The number of likely N-dealkylation sites (tertiary alicyclic amines) is 2. The third-order valence-electron chi connectivity index (χ3n) is 5.61. The first-order chi connectivity index (χ1) is 10.1. The average Bonchev–Trinajstić information content (AvgIpc) is 2.48. The molecule has 0 aliphatic carbocycles. The zero-order valence-electron chi connectivity index (χ0n) is 14.4. The summed E-state index contributed by atoms with van der Waals surface area (Å²) in [5, 5.41) is 0. The van der Waals surface area contributed by atoms with Crippen LogP contribution >= 0.6 is 0 Å². The molecule has 2 saturated heterocycles. The van der Waals surface area contributed by atoms with Crippen LogP contribution in [0.15, 0.2) is 0 Å². The van der Waals surface area contributed by atoms with E-state index in [2.05, 4.69) is 23.6 Å². The summed E-state index contributed by atoms with van der Waals surface area (Å²) in [6.45, 7) is 12.2. The average molecular weight is 296 g/mol. The summed E-state index contributed by atoms with van der Waals surface area (Å²) in [7, 11) is 0. The van der Waals surface area contributed by atoms with Gasteiger partial charge in [-0.25, -0.2) is 0 Å². The highest BCUT2D eigenvalue weighted by atomic mass is 15.2. The Morgan fingerprint density at radius 3 is 2.24 bits per heavy atom. The molecule has 0 saturated carbocycles. The quantitative estimate of drug-likeness (QED) is 0.783. The van der Waals surface area contributed by atoms with Crippen LogP contribution in [0.4, 0.5) is 0 Å². The molecule has 0 radical (unpaired) electrons. The van der Waals surface area contributed by atoms with Crippen LogP contribution in [0.25, 0.3) is 0 Å². The van der Waals surface area contributed by atoms with Crippen molar-refractivity contribution in [3.8, 4) is 0 Å². The van der Waals surface area contributed by atoms with Crippen LogP contribution in [0.3, 0.4) is 0 Å². The van der Waals surface area contributed by atoms with Crippen molar-refractivity contribution in [3.05, 3.63) is 0 Å². The summed E-state index contributed by atoms with van der Waals surface area (Å²) >= 11 is 0. The van der Waals surface area contributed by atoms with Gasteiger partial charge in [-0.1, -0.05) is 20.3 Å². The number of hydrogen-bond acceptors (Lipinski definition) is 3. The van der Waals surface area contributed by atoms with Crippen molar-refractivity contribution in [2.75, 3.05) is 39.3 Å². The van der Waals surface area contributed by atoms with E-state index >= 15 is 0 Å². The van der Waals surface area contributed by atoms with E-state index < -0.39 is 0 Å². The minimum Gasteiger partial charge on any atom is -0.330 e. The molecule has 3 nitrogen and oxygen atoms in total. The lowest BCUT2D eigenvalue weighted by atomic mass is 9.84. The van der Waals surface area contributed by atoms with Gasteiger partial charge in [-0.2, -0.15) is 0 Å². The highest BCUT2D eigenvalue weighted by Crippen LogP contribution is 2.27. The summed E-state index contributed by atoms with van der Waals surface area (Å²) < 4.78 is 0. The number of hydrogen-bond donors (Lipinski definition) is 1. The first-order valence-electron chi connectivity index (χ1n) is 9.27. The van der Waals surface area contributed by atoms with E-state index in [1.165, 1.54) is 77.7 Å². The van der Waals surface area contributed by atoms with Crippen molar-refractivity contribution in [1.82, 2.24) is 9.80 Å². The molecule has 2 fully saturated rings. The van der Waals surface area contributed by atoms with Crippen LogP contribution in [0.2, 0.25) is 0 Å². The maximum Gasteiger partial charge on any atom is 0.0120 e. The highest BCUT2D eigenvalue weighted by Gasteiger charge is 2.25. The zero-order valence-corrected chi connectivity index (χ0v) is 14.4. The van der Waals surface area contributed by atoms with E-state index in [0.29, 0.717) is 5.41 Å². The van der Waals surface area contributed by atoms with Gasteiger partial charge in [-0.15, -0.1) is 0 Å². The molecule has 21 heavy (non-hydrogen) atoms. The number of nitrogens with two attached hydrogens (primary N) is 1. The fourth-order valence-electron chi connectivity index (χ4n) is 4.09. The second-order valence-electron chi connectivity index (χ2n) is 7.98. The summed E-state index contributed by atoms with van der Waals surface area (Å²) in [5.41, 5.74) is 6.13. The first-order valence-corrected chi connectivity index (χ1v) is 9.27. The Bertz CT molecular complexity index is 276. The van der Waals surface area contributed by atoms with Gasteiger partial charge in [-0.3, -0.25) is 0 Å². The van der Waals surface area contributed by atoms with Gasteiger partial charge in [0.2, 0.25) is 0 Å². The molecule has 0 spiro atoms. The molecule has 2 N–H and O–H groups in total. The SMILES string of the molecule is CC(C)(CCN)CCCN1CCC(N2CCCCC2)CC1. The van der Waals surface area contributed by atoms with Crippen molar-refractivity contribution < 1.29 is 0 Å². The molecule has 2 aliphatic rings. The third kappa shape index (κ3) is 5.88. The van der Waals surface area contributed by atoms with Crippen molar-refractivity contribution in [3.63, 3.8) is 0 Å². The van der Waals surface area contributed by atoms with E-state index in [9.17, 15) is 0 Å². The molecule has 0 unspecified atom stereocenters. The maximum atomic E-state index is 5.70. The second-order valence-corrected chi connectivity index (χ2v) is 7.98. The minimum atomic E-state index is 0.431. The van der Waals surface area contributed by atoms with Crippen molar-refractivity contribution in [1.29, 1.82) is 0 Å². The van der Waals surface area contributed by atoms with E-state index in [-0.39, 0.29) is 0 Å². The molecule has 0 aromatic carbocycles. The van der Waals surface area contributed by atoms with Crippen LogP contribution in [0.5, 0.6) is 0 Å². The van der Waals surface area contributed by atoms with Gasteiger partial charge in [0.15, 0.2) is 0 Å². The lowest BCUT2D eigenvalue weighted by molar-refractivity contribution is 0.0901. The standard InChI is InChI=1S/C18H37N3/c1-18(2,10-11-19)9-6-12-20-15-7-17(8-16-20)21-13-4-3-5-14-21/h17H,3-16,19H2,1-2H3. The summed E-state index contributed by atoms with van der Waals surface area (Å²) in [6, 6.07) is 0.884. The van der Waals surface area contributed by atoms with Gasteiger partial charge in [-0.05, 0) is 89.6 Å². The van der Waals surface area contributed by atoms with Gasteiger partial charge < -0.3 is 15.5 Å². The summed E-state index contributed by atoms with van der Waals surface area (Å²) in [6.07, 6.45) is 10.9. The normalized spacial score (nSPS) is 23.6. The van der Waals surface area contributed by atoms with Crippen molar-refractivity contribution in [2.24, 2.45) is 11.1 Å². The largest absolute Gasteiger partial charge is 0.330 e. The summed E-state index contributed by atoms with van der Waals surface area (Å²) in [5.74, 6) is 0. The van der Waals surface area contributed by atoms with Crippen LogP contribution < -0.4 is 5.73 Å². The zero-order chi connectivity index (χ0) is 15.1. The van der Waals surface area contributed by atoms with E-state index in [1.807, 2.05) is 0 Å². The number of nitrogens with zero attached hydrogens (tertiary/aromatic N) is 2. The Balaban J connectivity index is 1.60. The molecule has 3 heteroatoms. The van der Waals surface area contributed by atoms with Gasteiger partial charge >= 0.3 is 0 Å². The molecule has 0 aromatic heterocycles. The molecular weight excluding hydrogens is 258 g/mol. The molecule has 0 atom stereocenters. The molecule has 0 aromatic rings. The molecule has 2 heterocycles. The van der Waals surface area contributed by atoms with Crippen LogP contribution in [0, 0.1) is 5.41 Å². The van der Waals surface area contributed by atoms with Crippen LogP contribution in [-0.4, -0.2) is 55.1 Å². The van der Waals surface area contributed by atoms with Crippen molar-refractivity contribution in [2.45, 2.75) is 71.3 Å². The first kappa shape index (κ1) is 17.2. The van der Waals surface area contributed by atoms with Crippen LogP contribution in [0.1, 0.15) is 65.2 Å². The Morgan fingerprint density at radius 2 is 1.62 bits per heavy atom. The van der Waals surface area contributed by atoms with E-state index in [4.69, 9.17) is 5.73 Å². The minimum absolute atomic E-state index is 0.431. The van der Waals surface area contributed by atoms with Crippen LogP contribution in [-0.2, 0) is 0 Å². The van der Waals surface area contributed by atoms with Gasteiger partial charge in [0.05, 0.1) is 0 Å². The van der Waals surface area contributed by atoms with E-state index in [1.54, 1.807) is 0 Å². The van der Waals surface area contributed by atoms with E-state index in [0.717, 1.165) is 19.0 Å². The monoisotopic (exact) mass is 295 g/mol. The Hall–Kier alpha value is -0.120. The number of piperidine rings is 2. The van der Waals surface area contributed by atoms with Gasteiger partial charge in [0, 0.05) is 6.04 Å². The molecule has 0 bridgehead atoms. The Kier molecular flexibility index (Phi) is 6.97. The van der Waals surface area contributed by atoms with Gasteiger partial charge in [0.1, 0.15) is 0 Å². The van der Waals surface area contributed by atoms with Crippen molar-refractivity contribution >= 4 is 0 Å². The molecule has 124 valence electrons. The maximum absolute atomic E-state index is 5.70. The number of rotatable bonds is 7. The predicted molar refractivity (Wildman–Crippen MR) is 91.6 cm³/mol. The molecule has 0 amide bonds. The smallest absolute Gasteiger partial charge is 0.0120 e. The molecule has 2 aliphatic heterocycles. The Morgan fingerprint density at radius 1 is 0.952 bits per heavy atom. The topological polar surface area (TPSA) is 32.5 Å². The van der Waals surface area contributed by atoms with Gasteiger partial charge in [0.25, 0.3) is 0 Å². The fraction of sp³-hybridized carbons (Fsp3) is 1.00. The molecule has 2 rings (SSSR count). The second kappa shape index (κ2) is 8.50. The summed E-state index contributed by atoms with van der Waals surface area (Å²) in [4.78, 5) is 5.46. The fourth-order valence-corrected chi connectivity index (χ4v) is 4.09. The third-order valence-corrected chi connectivity index (χ3v) is 5.61. The highest BCUT2D eigenvalue weighted by molar-refractivity contribution is 4.81. The lowest BCUT2D eigenvalue weighted by Gasteiger charge is -2.40. The molecular formula is C18H37N3. The predicted octanol–water partition coefficient (Wildman–Crippen LogP) is 3.09. The Labute approximate surface area is 132 Å². The lowest BCUT2D eigenvalue weighted by Crippen LogP contribution is -2.46.